The molecule has 0 aliphatic carbocycles. The summed E-state index contributed by atoms with van der Waals surface area (Å²) in [5.41, 5.74) is 6.67. The molecule has 2 rings (SSSR count). The Morgan fingerprint density at radius 1 is 1.00 bits per heavy atom. The summed E-state index contributed by atoms with van der Waals surface area (Å²) < 4.78 is 16.4. The number of halogens is 1. The molecule has 0 radical (unpaired) electrons. The molecule has 2 aromatic carbocycles. The Kier molecular flexibility index (Phi) is 5.31. The van der Waals surface area contributed by atoms with Crippen molar-refractivity contribution in [2.24, 2.45) is 5.73 Å². The van der Waals surface area contributed by atoms with Crippen molar-refractivity contribution in [2.45, 2.75) is 6.10 Å². The third-order valence-corrected chi connectivity index (χ3v) is 3.41. The van der Waals surface area contributed by atoms with E-state index in [9.17, 15) is 0 Å². The van der Waals surface area contributed by atoms with Gasteiger partial charge in [0.05, 0.1) is 14.2 Å². The minimum absolute atomic E-state index is 0.309. The van der Waals surface area contributed by atoms with Crippen LogP contribution in [0.3, 0.4) is 0 Å². The van der Waals surface area contributed by atoms with Crippen LogP contribution in [0.4, 0.5) is 0 Å². The molecule has 0 aliphatic heterocycles. The van der Waals surface area contributed by atoms with Crippen LogP contribution in [-0.2, 0) is 0 Å². The van der Waals surface area contributed by atoms with E-state index < -0.39 is 0 Å². The summed E-state index contributed by atoms with van der Waals surface area (Å²) in [4.78, 5) is 0. The molecule has 0 bridgehead atoms. The molecule has 2 aromatic rings. The van der Waals surface area contributed by atoms with Gasteiger partial charge < -0.3 is 19.9 Å². The first kappa shape index (κ1) is 15.5. The highest BCUT2D eigenvalue weighted by Crippen LogP contribution is 2.32. The average Bonchev–Trinajstić information content (AvgIpc) is 2.53. The lowest BCUT2D eigenvalue weighted by molar-refractivity contribution is 0.212. The topological polar surface area (TPSA) is 53.7 Å². The van der Waals surface area contributed by atoms with E-state index >= 15 is 0 Å². The number of methoxy groups -OCH3 is 2. The van der Waals surface area contributed by atoms with Gasteiger partial charge in [0.25, 0.3) is 0 Å². The highest BCUT2D eigenvalue weighted by atomic mass is 35.5. The predicted molar refractivity (Wildman–Crippen MR) is 83.4 cm³/mol. The van der Waals surface area contributed by atoms with Crippen LogP contribution in [0.5, 0.6) is 17.2 Å². The third-order valence-electron chi connectivity index (χ3n) is 3.07. The zero-order chi connectivity index (χ0) is 15.2. The van der Waals surface area contributed by atoms with Crippen LogP contribution in [0, 0.1) is 0 Å². The lowest BCUT2D eigenvalue weighted by Gasteiger charge is -2.19. The van der Waals surface area contributed by atoms with Gasteiger partial charge in [-0.3, -0.25) is 0 Å². The number of benzene rings is 2. The van der Waals surface area contributed by atoms with E-state index in [1.807, 2.05) is 24.3 Å². The number of nitrogens with two attached hydrogens (primary N) is 1. The quantitative estimate of drug-likeness (QED) is 0.888. The molecule has 1 atom stereocenters. The monoisotopic (exact) mass is 307 g/mol. The number of ether oxygens (including phenoxy) is 3. The SMILES string of the molecule is COc1cc(OC)cc(OC(CN)c2ccccc2Cl)c1. The molecule has 0 saturated carbocycles. The van der Waals surface area contributed by atoms with Gasteiger partial charge in [-0.15, -0.1) is 0 Å². The molecular formula is C16H18ClNO3. The van der Waals surface area contributed by atoms with Crippen LogP contribution in [0.2, 0.25) is 5.02 Å². The van der Waals surface area contributed by atoms with Crippen LogP contribution >= 0.6 is 11.6 Å². The minimum atomic E-state index is -0.337. The molecule has 0 fully saturated rings. The lowest BCUT2D eigenvalue weighted by Crippen LogP contribution is -2.18. The Morgan fingerprint density at radius 2 is 1.57 bits per heavy atom. The number of hydrogen-bond donors (Lipinski definition) is 1. The van der Waals surface area contributed by atoms with Crippen molar-refractivity contribution in [3.63, 3.8) is 0 Å². The first-order valence-corrected chi connectivity index (χ1v) is 6.90. The molecule has 0 aliphatic rings. The molecule has 0 amide bonds. The third kappa shape index (κ3) is 3.80. The summed E-state index contributed by atoms with van der Waals surface area (Å²) in [6.45, 7) is 0.309. The van der Waals surface area contributed by atoms with Gasteiger partial charge in [0.15, 0.2) is 0 Å². The zero-order valence-corrected chi connectivity index (χ0v) is 12.8. The summed E-state index contributed by atoms with van der Waals surface area (Å²) in [5.74, 6) is 1.92. The van der Waals surface area contributed by atoms with Gasteiger partial charge in [0.1, 0.15) is 23.4 Å². The second-order valence-corrected chi connectivity index (χ2v) is 4.82. The summed E-state index contributed by atoms with van der Waals surface area (Å²) in [6, 6.07) is 12.8. The van der Waals surface area contributed by atoms with Crippen molar-refractivity contribution in [3.05, 3.63) is 53.1 Å². The van der Waals surface area contributed by atoms with E-state index in [0.717, 1.165) is 5.56 Å². The maximum absolute atomic E-state index is 6.20. The first-order chi connectivity index (χ1) is 10.2. The molecule has 5 heteroatoms. The van der Waals surface area contributed by atoms with Gasteiger partial charge in [-0.1, -0.05) is 29.8 Å². The Balaban J connectivity index is 2.28. The van der Waals surface area contributed by atoms with Gasteiger partial charge in [-0.05, 0) is 6.07 Å². The van der Waals surface area contributed by atoms with E-state index in [1.54, 1.807) is 32.4 Å². The van der Waals surface area contributed by atoms with Crippen LogP contribution < -0.4 is 19.9 Å². The first-order valence-electron chi connectivity index (χ1n) is 6.52. The summed E-state index contributed by atoms with van der Waals surface area (Å²) >= 11 is 6.20. The molecule has 1 unspecified atom stereocenters. The van der Waals surface area contributed by atoms with Crippen LogP contribution in [-0.4, -0.2) is 20.8 Å². The molecule has 2 N–H and O–H groups in total. The maximum Gasteiger partial charge on any atom is 0.137 e. The molecule has 0 heterocycles. The van der Waals surface area contributed by atoms with E-state index in [1.165, 1.54) is 0 Å². The molecule has 0 saturated heterocycles. The normalized spacial score (nSPS) is 11.8. The fraction of sp³-hybridized carbons (Fsp3) is 0.250. The van der Waals surface area contributed by atoms with Crippen molar-refractivity contribution >= 4 is 11.6 Å². The summed E-state index contributed by atoms with van der Waals surface area (Å²) in [5, 5.41) is 0.628. The van der Waals surface area contributed by atoms with E-state index in [-0.39, 0.29) is 6.10 Å². The fourth-order valence-electron chi connectivity index (χ4n) is 1.99. The van der Waals surface area contributed by atoms with Crippen LogP contribution in [0.15, 0.2) is 42.5 Å². The molecule has 21 heavy (non-hydrogen) atoms. The lowest BCUT2D eigenvalue weighted by atomic mass is 10.1. The van der Waals surface area contributed by atoms with Crippen LogP contribution in [0.25, 0.3) is 0 Å². The highest BCUT2D eigenvalue weighted by Gasteiger charge is 2.15. The predicted octanol–water partition coefficient (Wildman–Crippen LogP) is 3.44. The van der Waals surface area contributed by atoms with Crippen LogP contribution in [0.1, 0.15) is 11.7 Å². The second-order valence-electron chi connectivity index (χ2n) is 4.41. The number of hydrogen-bond acceptors (Lipinski definition) is 4. The molecular weight excluding hydrogens is 290 g/mol. The minimum Gasteiger partial charge on any atom is -0.496 e. The van der Waals surface area contributed by atoms with E-state index in [0.29, 0.717) is 28.8 Å². The summed E-state index contributed by atoms with van der Waals surface area (Å²) in [7, 11) is 3.18. The second kappa shape index (κ2) is 7.20. The van der Waals surface area contributed by atoms with E-state index in [4.69, 9.17) is 31.5 Å². The van der Waals surface area contributed by atoms with Gasteiger partial charge in [-0.2, -0.15) is 0 Å². The number of rotatable bonds is 6. The summed E-state index contributed by atoms with van der Waals surface area (Å²) in [6.07, 6.45) is -0.337. The molecule has 112 valence electrons. The van der Waals surface area contributed by atoms with Gasteiger partial charge in [0.2, 0.25) is 0 Å². The van der Waals surface area contributed by atoms with Crippen molar-refractivity contribution in [1.82, 2.24) is 0 Å². The molecule has 4 nitrogen and oxygen atoms in total. The Hall–Kier alpha value is -1.91. The fourth-order valence-corrected chi connectivity index (χ4v) is 2.25. The standard InChI is InChI=1S/C16H18ClNO3/c1-19-11-7-12(20-2)9-13(8-11)21-16(10-18)14-5-3-4-6-15(14)17/h3-9,16H,10,18H2,1-2H3. The molecule has 0 spiro atoms. The highest BCUT2D eigenvalue weighted by molar-refractivity contribution is 6.31. The average molecular weight is 308 g/mol. The Bertz CT molecular complexity index is 582. The van der Waals surface area contributed by atoms with Gasteiger partial charge >= 0.3 is 0 Å². The van der Waals surface area contributed by atoms with E-state index in [2.05, 4.69) is 0 Å². The van der Waals surface area contributed by atoms with Crippen molar-refractivity contribution < 1.29 is 14.2 Å². The smallest absolute Gasteiger partial charge is 0.137 e. The van der Waals surface area contributed by atoms with Crippen molar-refractivity contribution in [1.29, 1.82) is 0 Å². The van der Waals surface area contributed by atoms with Gasteiger partial charge in [0, 0.05) is 35.3 Å². The van der Waals surface area contributed by atoms with Crippen molar-refractivity contribution in [2.75, 3.05) is 20.8 Å². The largest absolute Gasteiger partial charge is 0.496 e. The Labute approximate surface area is 129 Å². The maximum atomic E-state index is 6.20. The van der Waals surface area contributed by atoms with Crippen molar-refractivity contribution in [3.8, 4) is 17.2 Å². The Morgan fingerprint density at radius 3 is 2.10 bits per heavy atom. The van der Waals surface area contributed by atoms with Gasteiger partial charge in [-0.25, -0.2) is 0 Å². The zero-order valence-electron chi connectivity index (χ0n) is 12.0. The molecule has 0 aromatic heterocycles.